The molecule has 6 heteroatoms. The molecule has 20 heavy (non-hydrogen) atoms. The maximum Gasteiger partial charge on any atom is 0.259 e. The van der Waals surface area contributed by atoms with Crippen molar-refractivity contribution in [1.82, 2.24) is 4.98 Å². The second kappa shape index (κ2) is 6.00. The molecule has 0 saturated heterocycles. The number of halogens is 2. The highest BCUT2D eigenvalue weighted by atomic mass is 79.9. The fraction of sp³-hybridized carbons (Fsp3) is 0.143. The molecule has 2 rings (SSSR count). The van der Waals surface area contributed by atoms with Gasteiger partial charge in [-0.05, 0) is 46.6 Å². The van der Waals surface area contributed by atoms with E-state index in [0.717, 1.165) is 22.3 Å². The van der Waals surface area contributed by atoms with E-state index in [1.807, 2.05) is 25.1 Å². The van der Waals surface area contributed by atoms with Crippen molar-refractivity contribution in [3.05, 3.63) is 51.9 Å². The van der Waals surface area contributed by atoms with Crippen molar-refractivity contribution in [1.29, 1.82) is 0 Å². The predicted molar refractivity (Wildman–Crippen MR) is 80.6 cm³/mol. The van der Waals surface area contributed by atoms with Crippen LogP contribution in [0.15, 0.2) is 34.9 Å². The van der Waals surface area contributed by atoms with E-state index in [4.69, 9.17) is 0 Å². The SMILES string of the molecule is CNc1ncc(F)cc1C(=O)Nc1cc(C)ccc1Br. The maximum atomic E-state index is 13.2. The molecule has 0 saturated carbocycles. The minimum Gasteiger partial charge on any atom is -0.372 e. The molecule has 1 aromatic carbocycles. The Morgan fingerprint density at radius 1 is 1.35 bits per heavy atom. The van der Waals surface area contributed by atoms with Crippen LogP contribution in [-0.4, -0.2) is 17.9 Å². The number of hydrogen-bond acceptors (Lipinski definition) is 3. The van der Waals surface area contributed by atoms with Crippen LogP contribution in [0.3, 0.4) is 0 Å². The number of aromatic nitrogens is 1. The summed E-state index contributed by atoms with van der Waals surface area (Å²) in [7, 11) is 1.62. The van der Waals surface area contributed by atoms with Crippen molar-refractivity contribution in [2.75, 3.05) is 17.7 Å². The Morgan fingerprint density at radius 3 is 2.80 bits per heavy atom. The number of carbonyl (C=O) groups excluding carboxylic acids is 1. The van der Waals surface area contributed by atoms with Gasteiger partial charge in [0.25, 0.3) is 5.91 Å². The first-order valence-electron chi connectivity index (χ1n) is 5.92. The van der Waals surface area contributed by atoms with E-state index in [0.29, 0.717) is 11.5 Å². The van der Waals surface area contributed by atoms with Crippen molar-refractivity contribution >= 4 is 33.3 Å². The van der Waals surface area contributed by atoms with Gasteiger partial charge in [-0.1, -0.05) is 6.07 Å². The molecular formula is C14H13BrFN3O. The lowest BCUT2D eigenvalue weighted by molar-refractivity contribution is 0.102. The quantitative estimate of drug-likeness (QED) is 0.899. The first kappa shape index (κ1) is 14.5. The second-order valence-electron chi connectivity index (χ2n) is 4.24. The van der Waals surface area contributed by atoms with E-state index in [-0.39, 0.29) is 5.56 Å². The molecule has 104 valence electrons. The van der Waals surface area contributed by atoms with Crippen LogP contribution in [0.5, 0.6) is 0 Å². The summed E-state index contributed by atoms with van der Waals surface area (Å²) in [5.74, 6) is -0.655. The zero-order chi connectivity index (χ0) is 14.7. The van der Waals surface area contributed by atoms with E-state index >= 15 is 0 Å². The summed E-state index contributed by atoms with van der Waals surface area (Å²) < 4.78 is 14.0. The Bertz CT molecular complexity index is 661. The lowest BCUT2D eigenvalue weighted by Crippen LogP contribution is -2.15. The summed E-state index contributed by atoms with van der Waals surface area (Å²) in [6, 6.07) is 6.74. The molecule has 2 aromatic rings. The van der Waals surface area contributed by atoms with Crippen LogP contribution >= 0.6 is 15.9 Å². The minimum atomic E-state index is -0.558. The van der Waals surface area contributed by atoms with Crippen LogP contribution in [0.25, 0.3) is 0 Å². The highest BCUT2D eigenvalue weighted by Crippen LogP contribution is 2.24. The largest absolute Gasteiger partial charge is 0.372 e. The zero-order valence-corrected chi connectivity index (χ0v) is 12.6. The molecule has 0 atom stereocenters. The monoisotopic (exact) mass is 337 g/mol. The summed E-state index contributed by atoms with van der Waals surface area (Å²) in [6.07, 6.45) is 1.06. The number of aryl methyl sites for hydroxylation is 1. The minimum absolute atomic E-state index is 0.154. The molecular weight excluding hydrogens is 325 g/mol. The average Bonchev–Trinajstić information content (AvgIpc) is 2.42. The number of amides is 1. The molecule has 0 aliphatic rings. The van der Waals surface area contributed by atoms with Crippen LogP contribution in [-0.2, 0) is 0 Å². The van der Waals surface area contributed by atoms with Gasteiger partial charge < -0.3 is 10.6 Å². The molecule has 0 unspecified atom stereocenters. The van der Waals surface area contributed by atoms with Gasteiger partial charge in [-0.3, -0.25) is 4.79 Å². The summed E-state index contributed by atoms with van der Waals surface area (Å²) in [4.78, 5) is 16.1. The summed E-state index contributed by atoms with van der Waals surface area (Å²) in [5.41, 5.74) is 1.79. The van der Waals surface area contributed by atoms with E-state index in [2.05, 4.69) is 31.5 Å². The maximum absolute atomic E-state index is 13.2. The fourth-order valence-corrected chi connectivity index (χ4v) is 2.08. The molecule has 0 radical (unpaired) electrons. The number of nitrogens with one attached hydrogen (secondary N) is 2. The van der Waals surface area contributed by atoms with Gasteiger partial charge >= 0.3 is 0 Å². The topological polar surface area (TPSA) is 54.0 Å². The first-order chi connectivity index (χ1) is 9.51. The molecule has 1 heterocycles. The number of carbonyl (C=O) groups is 1. The van der Waals surface area contributed by atoms with E-state index in [1.54, 1.807) is 7.05 Å². The Labute approximate surface area is 124 Å². The number of benzene rings is 1. The van der Waals surface area contributed by atoms with E-state index in [9.17, 15) is 9.18 Å². The molecule has 0 spiro atoms. The Balaban J connectivity index is 2.32. The predicted octanol–water partition coefficient (Wildman–Crippen LogP) is 3.59. The van der Waals surface area contributed by atoms with Crippen molar-refractivity contribution in [3.8, 4) is 0 Å². The average molecular weight is 338 g/mol. The molecule has 1 amide bonds. The van der Waals surface area contributed by atoms with Gasteiger partial charge in [0, 0.05) is 11.5 Å². The Kier molecular flexibility index (Phi) is 4.34. The van der Waals surface area contributed by atoms with Crippen molar-refractivity contribution in [2.45, 2.75) is 6.92 Å². The zero-order valence-electron chi connectivity index (χ0n) is 11.0. The molecule has 0 aliphatic carbocycles. The number of hydrogen-bond donors (Lipinski definition) is 2. The van der Waals surface area contributed by atoms with Crippen molar-refractivity contribution in [2.24, 2.45) is 0 Å². The van der Waals surface area contributed by atoms with Crippen LogP contribution in [0, 0.1) is 12.7 Å². The third-order valence-corrected chi connectivity index (χ3v) is 3.40. The van der Waals surface area contributed by atoms with E-state index in [1.165, 1.54) is 0 Å². The molecule has 4 nitrogen and oxygen atoms in total. The first-order valence-corrected chi connectivity index (χ1v) is 6.71. The number of rotatable bonds is 3. The molecule has 0 bridgehead atoms. The van der Waals surface area contributed by atoms with Crippen LogP contribution in [0.1, 0.15) is 15.9 Å². The van der Waals surface area contributed by atoms with Gasteiger partial charge in [0.05, 0.1) is 17.4 Å². The summed E-state index contributed by atoms with van der Waals surface area (Å²) in [6.45, 7) is 1.92. The van der Waals surface area contributed by atoms with Crippen molar-refractivity contribution in [3.63, 3.8) is 0 Å². The van der Waals surface area contributed by atoms with Crippen molar-refractivity contribution < 1.29 is 9.18 Å². The van der Waals surface area contributed by atoms with Gasteiger partial charge in [-0.25, -0.2) is 9.37 Å². The summed E-state index contributed by atoms with van der Waals surface area (Å²) >= 11 is 3.36. The lowest BCUT2D eigenvalue weighted by Gasteiger charge is -2.11. The third kappa shape index (κ3) is 3.14. The smallest absolute Gasteiger partial charge is 0.259 e. The lowest BCUT2D eigenvalue weighted by atomic mass is 10.2. The second-order valence-corrected chi connectivity index (χ2v) is 5.09. The van der Waals surface area contributed by atoms with E-state index < -0.39 is 11.7 Å². The molecule has 2 N–H and O–H groups in total. The van der Waals surface area contributed by atoms with Gasteiger partial charge in [0.15, 0.2) is 0 Å². The van der Waals surface area contributed by atoms with Crippen LogP contribution in [0.4, 0.5) is 15.9 Å². The molecule has 1 aromatic heterocycles. The van der Waals surface area contributed by atoms with Gasteiger partial charge in [-0.2, -0.15) is 0 Å². The summed E-state index contributed by atoms with van der Waals surface area (Å²) in [5, 5.41) is 5.50. The third-order valence-electron chi connectivity index (χ3n) is 2.71. The Hall–Kier alpha value is -1.95. The standard InChI is InChI=1S/C14H13BrFN3O/c1-8-3-4-11(15)12(5-8)19-14(20)10-6-9(16)7-18-13(10)17-2/h3-7H,1-2H3,(H,17,18)(H,19,20). The van der Waals surface area contributed by atoms with Gasteiger partial charge in [0.2, 0.25) is 0 Å². The number of anilines is 2. The van der Waals surface area contributed by atoms with Crippen LogP contribution in [0.2, 0.25) is 0 Å². The van der Waals surface area contributed by atoms with Gasteiger partial charge in [0.1, 0.15) is 11.6 Å². The highest BCUT2D eigenvalue weighted by molar-refractivity contribution is 9.10. The Morgan fingerprint density at radius 2 is 2.10 bits per heavy atom. The van der Waals surface area contributed by atoms with Crippen LogP contribution < -0.4 is 10.6 Å². The number of nitrogens with zero attached hydrogens (tertiary/aromatic N) is 1. The fourth-order valence-electron chi connectivity index (χ4n) is 1.74. The molecule has 0 fully saturated rings. The number of pyridine rings is 1. The molecule has 0 aliphatic heterocycles. The normalized spacial score (nSPS) is 10.2. The highest BCUT2D eigenvalue weighted by Gasteiger charge is 2.14. The van der Waals surface area contributed by atoms with Gasteiger partial charge in [-0.15, -0.1) is 0 Å².